The number of nitrogens with one attached hydrogen (secondary N) is 1. The van der Waals surface area contributed by atoms with E-state index in [1.165, 1.54) is 16.3 Å². The maximum atomic E-state index is 12.4. The SMILES string of the molecule is COc1ccc(C)cc1NC(=O)CN(C)Cc1ccc2ccccc2c1. The molecule has 4 nitrogen and oxygen atoms in total. The van der Waals surface area contributed by atoms with E-state index in [0.29, 0.717) is 24.5 Å². The maximum Gasteiger partial charge on any atom is 0.238 e. The highest BCUT2D eigenvalue weighted by Crippen LogP contribution is 2.25. The summed E-state index contributed by atoms with van der Waals surface area (Å²) in [6.45, 7) is 3.01. The molecule has 0 aliphatic carbocycles. The first-order chi connectivity index (χ1) is 12.5. The van der Waals surface area contributed by atoms with E-state index in [4.69, 9.17) is 4.74 Å². The van der Waals surface area contributed by atoms with Crippen molar-refractivity contribution >= 4 is 22.4 Å². The summed E-state index contributed by atoms with van der Waals surface area (Å²) < 4.78 is 5.31. The van der Waals surface area contributed by atoms with Gasteiger partial charge in [-0.3, -0.25) is 9.69 Å². The van der Waals surface area contributed by atoms with Crippen LogP contribution in [-0.2, 0) is 11.3 Å². The third-order valence-corrected chi connectivity index (χ3v) is 4.31. The van der Waals surface area contributed by atoms with Gasteiger partial charge in [0, 0.05) is 6.54 Å². The number of likely N-dealkylation sites (N-methyl/N-ethyl adjacent to an activating group) is 1. The molecule has 0 saturated heterocycles. The predicted molar refractivity (Wildman–Crippen MR) is 107 cm³/mol. The monoisotopic (exact) mass is 348 g/mol. The van der Waals surface area contributed by atoms with Crippen LogP contribution in [0.5, 0.6) is 5.75 Å². The van der Waals surface area contributed by atoms with Crippen molar-refractivity contribution in [2.24, 2.45) is 0 Å². The minimum absolute atomic E-state index is 0.0582. The lowest BCUT2D eigenvalue weighted by Gasteiger charge is -2.17. The highest BCUT2D eigenvalue weighted by atomic mass is 16.5. The molecule has 1 N–H and O–H groups in total. The molecule has 0 unspecified atom stereocenters. The molecule has 134 valence electrons. The van der Waals surface area contributed by atoms with Crippen LogP contribution in [0.2, 0.25) is 0 Å². The van der Waals surface area contributed by atoms with Crippen LogP contribution >= 0.6 is 0 Å². The minimum Gasteiger partial charge on any atom is -0.495 e. The van der Waals surface area contributed by atoms with E-state index in [9.17, 15) is 4.79 Å². The molecule has 0 bridgehead atoms. The Morgan fingerprint density at radius 2 is 1.81 bits per heavy atom. The average molecular weight is 348 g/mol. The summed E-state index contributed by atoms with van der Waals surface area (Å²) in [7, 11) is 3.55. The normalized spacial score (nSPS) is 10.9. The zero-order valence-electron chi connectivity index (χ0n) is 15.5. The topological polar surface area (TPSA) is 41.6 Å². The molecular weight excluding hydrogens is 324 g/mol. The number of rotatable bonds is 6. The van der Waals surface area contributed by atoms with E-state index in [0.717, 1.165) is 5.56 Å². The van der Waals surface area contributed by atoms with E-state index in [-0.39, 0.29) is 5.91 Å². The van der Waals surface area contributed by atoms with Crippen molar-refractivity contribution in [1.82, 2.24) is 4.90 Å². The third-order valence-electron chi connectivity index (χ3n) is 4.31. The number of hydrogen-bond donors (Lipinski definition) is 1. The highest BCUT2D eigenvalue weighted by molar-refractivity contribution is 5.93. The number of ether oxygens (including phenoxy) is 1. The van der Waals surface area contributed by atoms with Gasteiger partial charge in [-0.1, -0.05) is 42.5 Å². The Morgan fingerprint density at radius 3 is 2.58 bits per heavy atom. The first kappa shape index (κ1) is 18.0. The third kappa shape index (κ3) is 4.41. The van der Waals surface area contributed by atoms with Crippen LogP contribution in [0.1, 0.15) is 11.1 Å². The van der Waals surface area contributed by atoms with Gasteiger partial charge in [0.05, 0.1) is 19.3 Å². The molecule has 3 aromatic carbocycles. The van der Waals surface area contributed by atoms with Crippen LogP contribution in [0.15, 0.2) is 60.7 Å². The molecule has 0 aliphatic rings. The fourth-order valence-corrected chi connectivity index (χ4v) is 3.06. The fraction of sp³-hybridized carbons (Fsp3) is 0.227. The number of anilines is 1. The van der Waals surface area contributed by atoms with Gasteiger partial charge < -0.3 is 10.1 Å². The second kappa shape index (κ2) is 8.02. The number of methoxy groups -OCH3 is 1. The molecule has 3 aromatic rings. The highest BCUT2D eigenvalue weighted by Gasteiger charge is 2.11. The standard InChI is InChI=1S/C22H24N2O2/c1-16-8-11-21(26-3)20(12-16)23-22(25)15-24(2)14-17-9-10-18-6-4-5-7-19(18)13-17/h4-13H,14-15H2,1-3H3,(H,23,25). The number of amides is 1. The quantitative estimate of drug-likeness (QED) is 0.725. The van der Waals surface area contributed by atoms with E-state index in [1.54, 1.807) is 7.11 Å². The molecule has 0 aliphatic heterocycles. The predicted octanol–water partition coefficient (Wildman–Crippen LogP) is 4.23. The van der Waals surface area contributed by atoms with Crippen molar-refractivity contribution in [1.29, 1.82) is 0 Å². The maximum absolute atomic E-state index is 12.4. The molecule has 0 aromatic heterocycles. The number of fused-ring (bicyclic) bond motifs is 1. The molecule has 0 radical (unpaired) electrons. The number of carbonyl (C=O) groups excluding carboxylic acids is 1. The first-order valence-corrected chi connectivity index (χ1v) is 8.66. The zero-order valence-corrected chi connectivity index (χ0v) is 15.5. The van der Waals surface area contributed by atoms with Gasteiger partial charge in [0.2, 0.25) is 5.91 Å². The summed E-state index contributed by atoms with van der Waals surface area (Å²) in [6, 6.07) is 20.4. The number of aryl methyl sites for hydroxylation is 1. The first-order valence-electron chi connectivity index (χ1n) is 8.66. The lowest BCUT2D eigenvalue weighted by atomic mass is 10.1. The molecule has 3 rings (SSSR count). The fourth-order valence-electron chi connectivity index (χ4n) is 3.06. The van der Waals surface area contributed by atoms with Crippen molar-refractivity contribution in [3.63, 3.8) is 0 Å². The van der Waals surface area contributed by atoms with Crippen LogP contribution in [0.3, 0.4) is 0 Å². The Kier molecular flexibility index (Phi) is 5.54. The summed E-state index contributed by atoms with van der Waals surface area (Å²) in [5.74, 6) is 0.610. The second-order valence-corrected chi connectivity index (χ2v) is 6.61. The van der Waals surface area contributed by atoms with Gasteiger partial charge >= 0.3 is 0 Å². The molecule has 0 fully saturated rings. The van der Waals surface area contributed by atoms with Gasteiger partial charge in [-0.05, 0) is 54.1 Å². The molecule has 0 saturated carbocycles. The van der Waals surface area contributed by atoms with Gasteiger partial charge in [-0.15, -0.1) is 0 Å². The molecule has 0 heterocycles. The van der Waals surface area contributed by atoms with Crippen LogP contribution < -0.4 is 10.1 Å². The van der Waals surface area contributed by atoms with Gasteiger partial charge in [0.1, 0.15) is 5.75 Å². The van der Waals surface area contributed by atoms with E-state index in [2.05, 4.69) is 35.6 Å². The Balaban J connectivity index is 1.62. The van der Waals surface area contributed by atoms with E-state index >= 15 is 0 Å². The summed E-state index contributed by atoms with van der Waals surface area (Å²) >= 11 is 0. The van der Waals surface area contributed by atoms with E-state index in [1.807, 2.05) is 49.2 Å². The minimum atomic E-state index is -0.0582. The summed E-state index contributed by atoms with van der Waals surface area (Å²) in [6.07, 6.45) is 0. The molecular formula is C22H24N2O2. The lowest BCUT2D eigenvalue weighted by molar-refractivity contribution is -0.117. The average Bonchev–Trinajstić information content (AvgIpc) is 2.61. The Bertz CT molecular complexity index is 921. The van der Waals surface area contributed by atoms with Crippen molar-refractivity contribution in [2.75, 3.05) is 26.0 Å². The lowest BCUT2D eigenvalue weighted by Crippen LogP contribution is -2.30. The van der Waals surface area contributed by atoms with Gasteiger partial charge in [-0.25, -0.2) is 0 Å². The number of benzene rings is 3. The second-order valence-electron chi connectivity index (χ2n) is 6.61. The molecule has 1 amide bonds. The van der Waals surface area contributed by atoms with Gasteiger partial charge in [0.15, 0.2) is 0 Å². The number of nitrogens with zero attached hydrogens (tertiary/aromatic N) is 1. The van der Waals surface area contributed by atoms with Crippen LogP contribution in [0.25, 0.3) is 10.8 Å². The molecule has 0 spiro atoms. The smallest absolute Gasteiger partial charge is 0.238 e. The number of carbonyl (C=O) groups is 1. The Hall–Kier alpha value is -2.85. The van der Waals surface area contributed by atoms with E-state index < -0.39 is 0 Å². The van der Waals surface area contributed by atoms with Crippen molar-refractivity contribution in [3.8, 4) is 5.75 Å². The van der Waals surface area contributed by atoms with Crippen molar-refractivity contribution in [2.45, 2.75) is 13.5 Å². The van der Waals surface area contributed by atoms with Crippen LogP contribution in [-0.4, -0.2) is 31.5 Å². The van der Waals surface area contributed by atoms with Crippen molar-refractivity contribution < 1.29 is 9.53 Å². The van der Waals surface area contributed by atoms with Gasteiger partial charge in [0.25, 0.3) is 0 Å². The Labute approximate surface area is 154 Å². The van der Waals surface area contributed by atoms with Crippen molar-refractivity contribution in [3.05, 3.63) is 71.8 Å². The van der Waals surface area contributed by atoms with Crippen LogP contribution in [0.4, 0.5) is 5.69 Å². The summed E-state index contributed by atoms with van der Waals surface area (Å²) in [4.78, 5) is 14.4. The summed E-state index contributed by atoms with van der Waals surface area (Å²) in [5, 5.41) is 5.38. The Morgan fingerprint density at radius 1 is 1.04 bits per heavy atom. The molecule has 0 atom stereocenters. The summed E-state index contributed by atoms with van der Waals surface area (Å²) in [5.41, 5.74) is 2.97. The molecule has 26 heavy (non-hydrogen) atoms. The molecule has 4 heteroatoms. The van der Waals surface area contributed by atoms with Crippen LogP contribution in [0, 0.1) is 6.92 Å². The number of hydrogen-bond acceptors (Lipinski definition) is 3. The largest absolute Gasteiger partial charge is 0.495 e. The zero-order chi connectivity index (χ0) is 18.5. The van der Waals surface area contributed by atoms with Gasteiger partial charge in [-0.2, -0.15) is 0 Å².